The molecule has 2 amide bonds. The van der Waals surface area contributed by atoms with Gasteiger partial charge in [0.05, 0.1) is 0 Å². The second-order valence-corrected chi connectivity index (χ2v) is 6.03. The summed E-state index contributed by atoms with van der Waals surface area (Å²) in [4.78, 5) is 24.6. The molecule has 1 saturated heterocycles. The van der Waals surface area contributed by atoms with Gasteiger partial charge in [-0.2, -0.15) is 0 Å². The molecule has 94 valence electrons. The zero-order chi connectivity index (χ0) is 12.1. The van der Waals surface area contributed by atoms with Gasteiger partial charge in [0.1, 0.15) is 11.1 Å². The molecule has 3 aliphatic rings. The summed E-state index contributed by atoms with van der Waals surface area (Å²) in [5, 5.41) is 6.06. The Kier molecular flexibility index (Phi) is 2.25. The fourth-order valence-corrected chi connectivity index (χ4v) is 3.27. The smallest absolute Gasteiger partial charge is 0.246 e. The summed E-state index contributed by atoms with van der Waals surface area (Å²) in [6.07, 6.45) is 6.94. The Morgan fingerprint density at radius 2 is 1.65 bits per heavy atom. The van der Waals surface area contributed by atoms with E-state index in [0.29, 0.717) is 5.92 Å². The van der Waals surface area contributed by atoms with Crippen LogP contribution >= 0.6 is 0 Å². The summed E-state index contributed by atoms with van der Waals surface area (Å²) in [7, 11) is 0. The normalized spacial score (nSPS) is 36.5. The predicted octanol–water partition coefficient (Wildman–Crippen LogP) is 1.10. The number of hydrogen-bond donors (Lipinski definition) is 2. The number of rotatable bonds is 1. The molecule has 0 aromatic heterocycles. The second kappa shape index (κ2) is 3.47. The van der Waals surface area contributed by atoms with Crippen LogP contribution in [-0.2, 0) is 9.59 Å². The van der Waals surface area contributed by atoms with Gasteiger partial charge in [-0.25, -0.2) is 0 Å². The molecule has 2 N–H and O–H groups in total. The third kappa shape index (κ3) is 1.57. The van der Waals surface area contributed by atoms with E-state index in [9.17, 15) is 9.59 Å². The maximum Gasteiger partial charge on any atom is 0.246 e. The maximum atomic E-state index is 12.3. The SMILES string of the molecule is CC1(C2CC2)NC(=O)C2(CCCCC2)NC1=O. The minimum absolute atomic E-state index is 0.0292. The number of piperazine rings is 1. The van der Waals surface area contributed by atoms with Crippen molar-refractivity contribution in [3.05, 3.63) is 0 Å². The second-order valence-electron chi connectivity index (χ2n) is 6.03. The van der Waals surface area contributed by atoms with Crippen LogP contribution in [0.25, 0.3) is 0 Å². The Morgan fingerprint density at radius 1 is 1.00 bits per heavy atom. The van der Waals surface area contributed by atoms with Crippen molar-refractivity contribution in [2.45, 2.75) is 62.9 Å². The van der Waals surface area contributed by atoms with Crippen molar-refractivity contribution >= 4 is 11.8 Å². The highest BCUT2D eigenvalue weighted by molar-refractivity contribution is 6.02. The van der Waals surface area contributed by atoms with Crippen molar-refractivity contribution in [1.29, 1.82) is 0 Å². The zero-order valence-electron chi connectivity index (χ0n) is 10.3. The van der Waals surface area contributed by atoms with Crippen molar-refractivity contribution in [3.8, 4) is 0 Å². The van der Waals surface area contributed by atoms with Gasteiger partial charge in [-0.3, -0.25) is 9.59 Å². The molecule has 3 rings (SSSR count). The quantitative estimate of drug-likeness (QED) is 0.716. The van der Waals surface area contributed by atoms with E-state index in [2.05, 4.69) is 10.6 Å². The van der Waals surface area contributed by atoms with E-state index in [1.165, 1.54) is 6.42 Å². The van der Waals surface area contributed by atoms with Crippen LogP contribution in [0.15, 0.2) is 0 Å². The predicted molar refractivity (Wildman–Crippen MR) is 63.2 cm³/mol. The minimum atomic E-state index is -0.653. The topological polar surface area (TPSA) is 58.2 Å². The van der Waals surface area contributed by atoms with Crippen LogP contribution in [0.4, 0.5) is 0 Å². The molecule has 4 heteroatoms. The Balaban J connectivity index is 1.84. The first-order valence-corrected chi connectivity index (χ1v) is 6.72. The highest BCUT2D eigenvalue weighted by Crippen LogP contribution is 2.43. The molecule has 0 radical (unpaired) electrons. The number of nitrogens with one attached hydrogen (secondary N) is 2. The van der Waals surface area contributed by atoms with Gasteiger partial charge < -0.3 is 10.6 Å². The monoisotopic (exact) mass is 236 g/mol. The molecule has 17 heavy (non-hydrogen) atoms. The third-order valence-corrected chi connectivity index (χ3v) is 4.73. The zero-order valence-corrected chi connectivity index (χ0v) is 10.3. The first-order chi connectivity index (χ1) is 8.07. The largest absolute Gasteiger partial charge is 0.340 e. The van der Waals surface area contributed by atoms with Crippen molar-refractivity contribution in [1.82, 2.24) is 10.6 Å². The van der Waals surface area contributed by atoms with Gasteiger partial charge in [-0.15, -0.1) is 0 Å². The maximum absolute atomic E-state index is 12.3. The van der Waals surface area contributed by atoms with Crippen LogP contribution < -0.4 is 10.6 Å². The van der Waals surface area contributed by atoms with E-state index < -0.39 is 11.1 Å². The highest BCUT2D eigenvalue weighted by Gasteiger charge is 2.56. The molecule has 1 atom stereocenters. The summed E-state index contributed by atoms with van der Waals surface area (Å²) in [5.41, 5.74) is -1.25. The molecule has 2 aliphatic carbocycles. The molecular formula is C13H20N2O2. The van der Waals surface area contributed by atoms with Crippen molar-refractivity contribution < 1.29 is 9.59 Å². The first-order valence-electron chi connectivity index (χ1n) is 6.72. The van der Waals surface area contributed by atoms with Crippen LogP contribution in [-0.4, -0.2) is 22.9 Å². The molecule has 3 fully saturated rings. The molecule has 1 heterocycles. The number of hydrogen-bond acceptors (Lipinski definition) is 2. The van der Waals surface area contributed by atoms with Gasteiger partial charge in [0.25, 0.3) is 0 Å². The van der Waals surface area contributed by atoms with E-state index in [0.717, 1.165) is 38.5 Å². The fourth-order valence-electron chi connectivity index (χ4n) is 3.27. The summed E-state index contributed by atoms with van der Waals surface area (Å²) in [6, 6.07) is 0. The first kappa shape index (κ1) is 11.1. The number of carbonyl (C=O) groups excluding carboxylic acids is 2. The van der Waals surface area contributed by atoms with Crippen LogP contribution in [0.5, 0.6) is 0 Å². The lowest BCUT2D eigenvalue weighted by molar-refractivity contribution is -0.148. The van der Waals surface area contributed by atoms with Gasteiger partial charge in [0.2, 0.25) is 11.8 Å². The molecule has 0 aromatic rings. The Bertz CT molecular complexity index is 370. The van der Waals surface area contributed by atoms with E-state index >= 15 is 0 Å². The Hall–Kier alpha value is -1.06. The summed E-state index contributed by atoms with van der Waals surface area (Å²) in [6.45, 7) is 1.87. The minimum Gasteiger partial charge on any atom is -0.340 e. The summed E-state index contributed by atoms with van der Waals surface area (Å²) in [5.74, 6) is 0.417. The van der Waals surface area contributed by atoms with E-state index in [1.807, 2.05) is 6.92 Å². The van der Waals surface area contributed by atoms with Gasteiger partial charge in [-0.1, -0.05) is 19.3 Å². The average Bonchev–Trinajstić information content (AvgIpc) is 3.12. The number of carbonyl (C=O) groups is 2. The molecular weight excluding hydrogens is 216 g/mol. The Morgan fingerprint density at radius 3 is 2.24 bits per heavy atom. The lowest BCUT2D eigenvalue weighted by atomic mass is 9.76. The standard InChI is InChI=1S/C13H20N2O2/c1-12(9-5-6-9)10(16)15-13(11(17)14-12)7-3-2-4-8-13/h9H,2-8H2,1H3,(H,14,17)(H,15,16). The number of amides is 2. The molecule has 1 spiro atoms. The van der Waals surface area contributed by atoms with E-state index in [1.54, 1.807) is 0 Å². The average molecular weight is 236 g/mol. The Labute approximate surface area is 102 Å². The van der Waals surface area contributed by atoms with Gasteiger partial charge >= 0.3 is 0 Å². The fraction of sp³-hybridized carbons (Fsp3) is 0.846. The summed E-state index contributed by atoms with van der Waals surface area (Å²) >= 11 is 0. The third-order valence-electron chi connectivity index (χ3n) is 4.73. The van der Waals surface area contributed by atoms with Crippen molar-refractivity contribution in [2.75, 3.05) is 0 Å². The highest BCUT2D eigenvalue weighted by atomic mass is 16.2. The van der Waals surface area contributed by atoms with Crippen LogP contribution in [0.1, 0.15) is 51.9 Å². The van der Waals surface area contributed by atoms with Crippen LogP contribution in [0.3, 0.4) is 0 Å². The van der Waals surface area contributed by atoms with Crippen molar-refractivity contribution in [3.63, 3.8) is 0 Å². The molecule has 1 unspecified atom stereocenters. The van der Waals surface area contributed by atoms with Crippen molar-refractivity contribution in [2.24, 2.45) is 5.92 Å². The van der Waals surface area contributed by atoms with E-state index in [4.69, 9.17) is 0 Å². The van der Waals surface area contributed by atoms with Gasteiger partial charge in [-0.05, 0) is 38.5 Å². The molecule has 0 bridgehead atoms. The van der Waals surface area contributed by atoms with Gasteiger partial charge in [0, 0.05) is 0 Å². The van der Waals surface area contributed by atoms with Gasteiger partial charge in [0.15, 0.2) is 0 Å². The molecule has 2 saturated carbocycles. The lowest BCUT2D eigenvalue weighted by Crippen LogP contribution is -2.75. The molecule has 4 nitrogen and oxygen atoms in total. The van der Waals surface area contributed by atoms with Crippen LogP contribution in [0, 0.1) is 5.92 Å². The van der Waals surface area contributed by atoms with Crippen LogP contribution in [0.2, 0.25) is 0 Å². The lowest BCUT2D eigenvalue weighted by Gasteiger charge is -2.46. The van der Waals surface area contributed by atoms with E-state index in [-0.39, 0.29) is 11.8 Å². The molecule has 1 aliphatic heterocycles. The summed E-state index contributed by atoms with van der Waals surface area (Å²) < 4.78 is 0. The molecule has 0 aromatic carbocycles.